The van der Waals surface area contributed by atoms with Crippen molar-refractivity contribution in [1.29, 1.82) is 0 Å². The Kier molecular flexibility index (Phi) is 3.96. The molecule has 0 saturated carbocycles. The van der Waals surface area contributed by atoms with Crippen LogP contribution in [0.1, 0.15) is 24.9 Å². The minimum absolute atomic E-state index is 0.0101. The zero-order valence-electron chi connectivity index (χ0n) is 9.63. The Morgan fingerprint density at radius 1 is 1.17 bits per heavy atom. The Hall–Kier alpha value is -1.85. The van der Waals surface area contributed by atoms with E-state index in [1.807, 2.05) is 6.07 Å². The summed E-state index contributed by atoms with van der Waals surface area (Å²) in [7, 11) is 0. The average molecular weight is 260 g/mol. The average Bonchev–Trinajstić information content (AvgIpc) is 2.88. The molecule has 2 heterocycles. The number of rotatable bonds is 5. The lowest BCUT2D eigenvalue weighted by atomic mass is 10.1. The van der Waals surface area contributed by atoms with Crippen molar-refractivity contribution < 1.29 is 9.59 Å². The van der Waals surface area contributed by atoms with Crippen molar-refractivity contribution in [3.63, 3.8) is 0 Å². The number of carbonyl (C=O) groups is 2. The summed E-state index contributed by atoms with van der Waals surface area (Å²) < 4.78 is 0. The molecule has 0 spiro atoms. The van der Waals surface area contributed by atoms with Crippen LogP contribution in [0.25, 0.3) is 0 Å². The lowest BCUT2D eigenvalue weighted by molar-refractivity contribution is 0.0993. The summed E-state index contributed by atoms with van der Waals surface area (Å²) in [5.41, 5.74) is 6.14. The van der Waals surface area contributed by atoms with Gasteiger partial charge in [0.15, 0.2) is 11.6 Å². The molecule has 0 bridgehead atoms. The number of aromatic nitrogens is 1. The van der Waals surface area contributed by atoms with Crippen molar-refractivity contribution >= 4 is 22.9 Å². The molecule has 0 radical (unpaired) electrons. The highest BCUT2D eigenvalue weighted by atomic mass is 32.1. The zero-order valence-corrected chi connectivity index (χ0v) is 10.4. The SMILES string of the molecule is NCC(=O)c1ccc(C(=O)Cc2cccnc2)s1. The van der Waals surface area contributed by atoms with Crippen LogP contribution in [0.15, 0.2) is 36.7 Å². The summed E-state index contributed by atoms with van der Waals surface area (Å²) in [5.74, 6) is -0.149. The molecule has 92 valence electrons. The smallest absolute Gasteiger partial charge is 0.186 e. The van der Waals surface area contributed by atoms with Crippen molar-refractivity contribution in [3.05, 3.63) is 52.0 Å². The number of nitrogens with zero attached hydrogens (tertiary/aromatic N) is 1. The van der Waals surface area contributed by atoms with Crippen LogP contribution in [0, 0.1) is 0 Å². The van der Waals surface area contributed by atoms with Crippen LogP contribution in [0.3, 0.4) is 0 Å². The van der Waals surface area contributed by atoms with Crippen LogP contribution in [0.2, 0.25) is 0 Å². The Balaban J connectivity index is 2.10. The normalized spacial score (nSPS) is 10.3. The Labute approximate surface area is 108 Å². The molecular weight excluding hydrogens is 248 g/mol. The van der Waals surface area contributed by atoms with Gasteiger partial charge in [-0.25, -0.2) is 0 Å². The van der Waals surface area contributed by atoms with Crippen LogP contribution < -0.4 is 5.73 Å². The highest BCUT2D eigenvalue weighted by Crippen LogP contribution is 2.18. The summed E-state index contributed by atoms with van der Waals surface area (Å²) in [6.07, 6.45) is 3.62. The topological polar surface area (TPSA) is 73.1 Å². The van der Waals surface area contributed by atoms with E-state index in [9.17, 15) is 9.59 Å². The van der Waals surface area contributed by atoms with E-state index in [2.05, 4.69) is 4.98 Å². The number of nitrogens with two attached hydrogens (primary N) is 1. The van der Waals surface area contributed by atoms with Gasteiger partial charge in [-0.1, -0.05) is 6.07 Å². The molecule has 0 aliphatic heterocycles. The minimum Gasteiger partial charge on any atom is -0.324 e. The molecule has 2 N–H and O–H groups in total. The first-order chi connectivity index (χ1) is 8.70. The molecule has 0 unspecified atom stereocenters. The fourth-order valence-corrected chi connectivity index (χ4v) is 2.41. The third kappa shape index (κ3) is 2.88. The lowest BCUT2D eigenvalue weighted by Crippen LogP contribution is -2.11. The van der Waals surface area contributed by atoms with Crippen molar-refractivity contribution in [1.82, 2.24) is 4.98 Å². The Morgan fingerprint density at radius 3 is 2.50 bits per heavy atom. The van der Waals surface area contributed by atoms with E-state index in [4.69, 9.17) is 5.73 Å². The van der Waals surface area contributed by atoms with E-state index >= 15 is 0 Å². The van der Waals surface area contributed by atoms with Crippen molar-refractivity contribution in [2.45, 2.75) is 6.42 Å². The number of hydrogen-bond acceptors (Lipinski definition) is 5. The Bertz CT molecular complexity index is 563. The van der Waals surface area contributed by atoms with E-state index in [1.165, 1.54) is 11.3 Å². The van der Waals surface area contributed by atoms with Crippen LogP contribution >= 0.6 is 11.3 Å². The number of hydrogen-bond donors (Lipinski definition) is 1. The first-order valence-electron chi connectivity index (χ1n) is 5.46. The van der Waals surface area contributed by atoms with Gasteiger partial charge in [0.25, 0.3) is 0 Å². The summed E-state index contributed by atoms with van der Waals surface area (Å²) in [6, 6.07) is 6.97. The van der Waals surface area contributed by atoms with Gasteiger partial charge in [-0.2, -0.15) is 0 Å². The van der Waals surface area contributed by atoms with Gasteiger partial charge in [0, 0.05) is 18.8 Å². The molecule has 2 rings (SSSR count). The monoisotopic (exact) mass is 260 g/mol. The van der Waals surface area contributed by atoms with Gasteiger partial charge in [0.1, 0.15) is 0 Å². The predicted octanol–water partition coefficient (Wildman–Crippen LogP) is 1.71. The van der Waals surface area contributed by atoms with Gasteiger partial charge in [-0.05, 0) is 23.8 Å². The van der Waals surface area contributed by atoms with Crippen molar-refractivity contribution in [2.24, 2.45) is 5.73 Å². The number of Topliss-reactive ketones (excluding diaryl/α,β-unsaturated/α-hetero) is 2. The molecule has 0 fully saturated rings. The molecule has 0 aliphatic carbocycles. The number of ketones is 2. The molecule has 5 heteroatoms. The molecule has 0 aromatic carbocycles. The van der Waals surface area contributed by atoms with Gasteiger partial charge in [0.05, 0.1) is 16.3 Å². The summed E-state index contributed by atoms with van der Waals surface area (Å²) >= 11 is 1.19. The van der Waals surface area contributed by atoms with E-state index in [1.54, 1.807) is 30.6 Å². The zero-order chi connectivity index (χ0) is 13.0. The molecule has 0 saturated heterocycles. The Morgan fingerprint density at radius 2 is 1.89 bits per heavy atom. The van der Waals surface area contributed by atoms with Gasteiger partial charge < -0.3 is 5.73 Å². The molecule has 0 atom stereocenters. The lowest BCUT2D eigenvalue weighted by Gasteiger charge is -1.97. The van der Waals surface area contributed by atoms with Gasteiger partial charge in [-0.15, -0.1) is 11.3 Å². The largest absolute Gasteiger partial charge is 0.324 e. The summed E-state index contributed by atoms with van der Waals surface area (Å²) in [4.78, 5) is 28.4. The van der Waals surface area contributed by atoms with Gasteiger partial charge in [0.2, 0.25) is 0 Å². The molecule has 18 heavy (non-hydrogen) atoms. The summed E-state index contributed by atoms with van der Waals surface area (Å²) in [6.45, 7) is -0.0310. The van der Waals surface area contributed by atoms with E-state index < -0.39 is 0 Å². The predicted molar refractivity (Wildman–Crippen MR) is 70.0 cm³/mol. The molecule has 2 aromatic heterocycles. The first kappa shape index (κ1) is 12.6. The standard InChI is InChI=1S/C13H12N2O2S/c14-7-11(17)13-4-3-12(18-13)10(16)6-9-2-1-5-15-8-9/h1-5,8H,6-7,14H2. The maximum atomic E-state index is 12.0. The molecule has 0 aliphatic rings. The summed E-state index contributed by atoms with van der Waals surface area (Å²) in [5, 5.41) is 0. The van der Waals surface area contributed by atoms with E-state index in [-0.39, 0.29) is 18.1 Å². The third-order valence-corrected chi connectivity index (χ3v) is 3.60. The van der Waals surface area contributed by atoms with Crippen LogP contribution in [0.5, 0.6) is 0 Å². The molecule has 0 amide bonds. The minimum atomic E-state index is -0.138. The second-order valence-corrected chi connectivity index (χ2v) is 4.84. The van der Waals surface area contributed by atoms with Crippen LogP contribution in [-0.2, 0) is 6.42 Å². The van der Waals surface area contributed by atoms with E-state index in [0.717, 1.165) is 5.56 Å². The highest BCUT2D eigenvalue weighted by molar-refractivity contribution is 7.16. The number of thiophene rings is 1. The van der Waals surface area contributed by atoms with E-state index in [0.29, 0.717) is 16.2 Å². The molecule has 2 aromatic rings. The highest BCUT2D eigenvalue weighted by Gasteiger charge is 2.13. The first-order valence-corrected chi connectivity index (χ1v) is 6.27. The fourth-order valence-electron chi connectivity index (χ4n) is 1.51. The van der Waals surface area contributed by atoms with Gasteiger partial charge in [-0.3, -0.25) is 14.6 Å². The van der Waals surface area contributed by atoms with Crippen molar-refractivity contribution in [3.8, 4) is 0 Å². The maximum absolute atomic E-state index is 12.0. The third-order valence-electron chi connectivity index (χ3n) is 2.43. The molecule has 4 nitrogen and oxygen atoms in total. The van der Waals surface area contributed by atoms with Gasteiger partial charge >= 0.3 is 0 Å². The second kappa shape index (κ2) is 5.66. The van der Waals surface area contributed by atoms with Crippen LogP contribution in [0.4, 0.5) is 0 Å². The fraction of sp³-hybridized carbons (Fsp3) is 0.154. The quantitative estimate of drug-likeness (QED) is 0.831. The van der Waals surface area contributed by atoms with Crippen LogP contribution in [-0.4, -0.2) is 23.1 Å². The second-order valence-electron chi connectivity index (χ2n) is 3.75. The number of pyridine rings is 1. The number of carbonyl (C=O) groups excluding carboxylic acids is 2. The maximum Gasteiger partial charge on any atom is 0.186 e. The van der Waals surface area contributed by atoms with Crippen molar-refractivity contribution in [2.75, 3.05) is 6.54 Å². The molecular formula is C13H12N2O2S.